The summed E-state index contributed by atoms with van der Waals surface area (Å²) >= 11 is 0. The Hall–Kier alpha value is -0.790. The van der Waals surface area contributed by atoms with E-state index in [1.807, 2.05) is 0 Å². The number of nitrogens with zero attached hydrogens (tertiary/aromatic N) is 2. The monoisotopic (exact) mass is 419 g/mol. The molecule has 0 radical (unpaired) electrons. The zero-order valence-electron chi connectivity index (χ0n) is 21.1. The Morgan fingerprint density at radius 1 is 0.567 bits per heavy atom. The summed E-state index contributed by atoms with van der Waals surface area (Å²) in [7, 11) is 0. The molecule has 0 fully saturated rings. The van der Waals surface area contributed by atoms with Gasteiger partial charge in [-0.2, -0.15) is 0 Å². The van der Waals surface area contributed by atoms with Gasteiger partial charge in [-0.05, 0) is 32.1 Å². The lowest BCUT2D eigenvalue weighted by molar-refractivity contribution is -0.704. The lowest BCUT2D eigenvalue weighted by Crippen LogP contribution is -2.37. The summed E-state index contributed by atoms with van der Waals surface area (Å²) in [6, 6.07) is 0. The molecule has 0 unspecified atom stereocenters. The molecule has 1 aromatic rings. The molecule has 0 bridgehead atoms. The highest BCUT2D eigenvalue weighted by Gasteiger charge is 2.16. The van der Waals surface area contributed by atoms with Crippen molar-refractivity contribution in [2.24, 2.45) is 0 Å². The van der Waals surface area contributed by atoms with E-state index in [0.717, 1.165) is 0 Å². The molecule has 0 aliphatic heterocycles. The fourth-order valence-corrected chi connectivity index (χ4v) is 4.56. The predicted molar refractivity (Wildman–Crippen MR) is 133 cm³/mol. The molecule has 0 saturated heterocycles. The number of aryl methyl sites for hydroxylation is 2. The second-order valence-electron chi connectivity index (χ2n) is 9.51. The van der Waals surface area contributed by atoms with Crippen LogP contribution in [-0.4, -0.2) is 4.57 Å². The van der Waals surface area contributed by atoms with Gasteiger partial charge < -0.3 is 0 Å². The molecule has 1 aromatic heterocycles. The second-order valence-corrected chi connectivity index (χ2v) is 9.51. The summed E-state index contributed by atoms with van der Waals surface area (Å²) in [5.41, 5.74) is 0. The number of imidazole rings is 1. The number of unbranched alkanes of at least 4 members (excludes halogenated alkanes) is 16. The Morgan fingerprint density at radius 3 is 1.60 bits per heavy atom. The average molecular weight is 420 g/mol. The largest absolute Gasteiger partial charge is 0.256 e. The van der Waals surface area contributed by atoms with Gasteiger partial charge in [0.1, 0.15) is 12.4 Å². The maximum Gasteiger partial charge on any atom is 0.256 e. The Labute approximate surface area is 189 Å². The van der Waals surface area contributed by atoms with Crippen LogP contribution in [0.2, 0.25) is 0 Å². The first-order valence-electron chi connectivity index (χ1n) is 13.9. The first kappa shape index (κ1) is 27.2. The third-order valence-electron chi connectivity index (χ3n) is 6.60. The van der Waals surface area contributed by atoms with Crippen LogP contribution in [0.5, 0.6) is 0 Å². The smallest absolute Gasteiger partial charge is 0.234 e. The summed E-state index contributed by atoms with van der Waals surface area (Å²) in [4.78, 5) is 0. The van der Waals surface area contributed by atoms with E-state index in [1.165, 1.54) is 142 Å². The molecular weight excluding hydrogens is 364 g/mol. The molecular formula is C28H55N2+. The number of rotatable bonds is 22. The van der Waals surface area contributed by atoms with Crippen molar-refractivity contribution in [2.75, 3.05) is 0 Å². The van der Waals surface area contributed by atoms with Gasteiger partial charge in [0.2, 0.25) is 0 Å². The van der Waals surface area contributed by atoms with Gasteiger partial charge in [-0.3, -0.25) is 0 Å². The van der Waals surface area contributed by atoms with Crippen LogP contribution in [0.25, 0.3) is 0 Å². The van der Waals surface area contributed by atoms with E-state index in [1.54, 1.807) is 5.82 Å². The highest BCUT2D eigenvalue weighted by Crippen LogP contribution is 2.12. The first-order valence-corrected chi connectivity index (χ1v) is 13.9. The molecule has 1 heterocycles. The molecule has 1 rings (SSSR count). The van der Waals surface area contributed by atoms with Gasteiger partial charge in [0.25, 0.3) is 5.82 Å². The fraction of sp³-hybridized carbons (Fsp3) is 0.893. The van der Waals surface area contributed by atoms with Crippen molar-refractivity contribution in [3.8, 4) is 0 Å². The van der Waals surface area contributed by atoms with E-state index in [9.17, 15) is 0 Å². The minimum Gasteiger partial charge on any atom is -0.234 e. The van der Waals surface area contributed by atoms with E-state index in [2.05, 4.69) is 42.3 Å². The summed E-state index contributed by atoms with van der Waals surface area (Å²) in [6.45, 7) is 9.36. The van der Waals surface area contributed by atoms with E-state index >= 15 is 0 Å². The molecule has 2 nitrogen and oxygen atoms in total. The van der Waals surface area contributed by atoms with Gasteiger partial charge in [-0.15, -0.1) is 0 Å². The van der Waals surface area contributed by atoms with Crippen LogP contribution in [0.15, 0.2) is 12.4 Å². The van der Waals surface area contributed by atoms with E-state index in [0.29, 0.717) is 0 Å². The van der Waals surface area contributed by atoms with Crippen molar-refractivity contribution in [3.63, 3.8) is 0 Å². The molecule has 0 spiro atoms. The topological polar surface area (TPSA) is 8.81 Å². The average Bonchev–Trinajstić information content (AvgIpc) is 3.14. The normalized spacial score (nSPS) is 11.4. The van der Waals surface area contributed by atoms with Crippen molar-refractivity contribution >= 4 is 0 Å². The van der Waals surface area contributed by atoms with E-state index < -0.39 is 0 Å². The van der Waals surface area contributed by atoms with Crippen molar-refractivity contribution < 1.29 is 4.57 Å². The predicted octanol–water partition coefficient (Wildman–Crippen LogP) is 8.79. The molecule has 0 amide bonds. The minimum absolute atomic E-state index is 1.22. The third kappa shape index (κ3) is 13.5. The maximum atomic E-state index is 2.59. The number of hydrogen-bond donors (Lipinski definition) is 0. The SMILES string of the molecule is CCCCCCCCCCCC[n+]1ccn(CCCCCC)c1CCCCCCC. The van der Waals surface area contributed by atoms with Gasteiger partial charge >= 0.3 is 0 Å². The van der Waals surface area contributed by atoms with Crippen molar-refractivity contribution in [1.82, 2.24) is 4.57 Å². The molecule has 0 aliphatic carbocycles. The Bertz CT molecular complexity index is 477. The molecule has 0 aromatic carbocycles. The standard InChI is InChI=1S/C28H55N2/c1-4-7-10-13-14-15-16-17-19-22-25-30-27-26-29(24-21-12-9-6-3)28(30)23-20-18-11-8-5-2/h26-27H,4-25H2,1-3H3/q+1. The summed E-state index contributed by atoms with van der Waals surface area (Å²) in [5, 5.41) is 0. The van der Waals surface area contributed by atoms with Gasteiger partial charge in [-0.1, -0.05) is 111 Å². The fourth-order valence-electron chi connectivity index (χ4n) is 4.56. The minimum atomic E-state index is 1.22. The van der Waals surface area contributed by atoms with E-state index in [-0.39, 0.29) is 0 Å². The van der Waals surface area contributed by atoms with Gasteiger partial charge in [-0.25, -0.2) is 9.13 Å². The summed E-state index contributed by atoms with van der Waals surface area (Å²) < 4.78 is 5.16. The van der Waals surface area contributed by atoms with Gasteiger partial charge in [0, 0.05) is 6.42 Å². The van der Waals surface area contributed by atoms with Crippen LogP contribution in [0.4, 0.5) is 0 Å². The molecule has 2 heteroatoms. The highest BCUT2D eigenvalue weighted by atomic mass is 15.1. The molecule has 30 heavy (non-hydrogen) atoms. The molecule has 0 saturated carbocycles. The van der Waals surface area contributed by atoms with Crippen molar-refractivity contribution in [1.29, 1.82) is 0 Å². The third-order valence-corrected chi connectivity index (χ3v) is 6.60. The first-order chi connectivity index (χ1) is 14.8. The van der Waals surface area contributed by atoms with Gasteiger partial charge in [0.15, 0.2) is 0 Å². The molecule has 0 N–H and O–H groups in total. The van der Waals surface area contributed by atoms with Crippen LogP contribution in [0.1, 0.15) is 149 Å². The Kier molecular flexibility index (Phi) is 18.3. The van der Waals surface area contributed by atoms with Crippen LogP contribution in [-0.2, 0) is 19.5 Å². The lowest BCUT2D eigenvalue weighted by atomic mass is 10.1. The summed E-state index contributed by atoms with van der Waals surface area (Å²) in [5.74, 6) is 1.60. The van der Waals surface area contributed by atoms with Crippen LogP contribution >= 0.6 is 0 Å². The van der Waals surface area contributed by atoms with Gasteiger partial charge in [0.05, 0.1) is 13.1 Å². The zero-order chi connectivity index (χ0) is 21.7. The number of aromatic nitrogens is 2. The molecule has 0 atom stereocenters. The van der Waals surface area contributed by atoms with Crippen LogP contribution in [0, 0.1) is 0 Å². The molecule has 0 aliphatic rings. The van der Waals surface area contributed by atoms with E-state index in [4.69, 9.17) is 0 Å². The molecule has 176 valence electrons. The zero-order valence-corrected chi connectivity index (χ0v) is 21.1. The quantitative estimate of drug-likeness (QED) is 0.131. The van der Waals surface area contributed by atoms with Crippen LogP contribution in [0.3, 0.4) is 0 Å². The van der Waals surface area contributed by atoms with Crippen molar-refractivity contribution in [2.45, 2.75) is 162 Å². The van der Waals surface area contributed by atoms with Crippen molar-refractivity contribution in [3.05, 3.63) is 18.2 Å². The van der Waals surface area contributed by atoms with Crippen LogP contribution < -0.4 is 4.57 Å². The Balaban J connectivity index is 2.32. The summed E-state index contributed by atoms with van der Waals surface area (Å²) in [6.07, 6.45) is 32.6. The number of hydrogen-bond acceptors (Lipinski definition) is 0. The maximum absolute atomic E-state index is 2.59. The Morgan fingerprint density at radius 2 is 1.03 bits per heavy atom. The second kappa shape index (κ2) is 20.1. The highest BCUT2D eigenvalue weighted by molar-refractivity contribution is 4.84. The lowest BCUT2D eigenvalue weighted by Gasteiger charge is -2.06.